The average Bonchev–Trinajstić information content (AvgIpc) is 3.01. The van der Waals surface area contributed by atoms with E-state index in [9.17, 15) is 9.18 Å². The predicted octanol–water partition coefficient (Wildman–Crippen LogP) is 2.27. The van der Waals surface area contributed by atoms with Crippen LogP contribution >= 0.6 is 11.3 Å². The molecule has 0 atom stereocenters. The number of hydrogen-bond acceptors (Lipinski definition) is 5. The third-order valence-electron chi connectivity index (χ3n) is 4.14. The standard InChI is InChI=1S/C17H20FN3O2S/c18-13-1-3-15(4-2-13)21-9-7-20(8-10-21)6-5-16-19-14(12-24-16)11-17(22)23/h1-4,12H,5-11H2,(H,22,23). The smallest absolute Gasteiger partial charge is 0.309 e. The van der Waals surface area contributed by atoms with Crippen molar-refractivity contribution in [3.05, 3.63) is 46.2 Å². The Morgan fingerprint density at radius 1 is 1.21 bits per heavy atom. The van der Waals surface area contributed by atoms with Gasteiger partial charge in [-0.1, -0.05) is 0 Å². The molecule has 1 fully saturated rings. The van der Waals surface area contributed by atoms with Crippen LogP contribution in [-0.2, 0) is 17.6 Å². The monoisotopic (exact) mass is 349 g/mol. The van der Waals surface area contributed by atoms with Crippen LogP contribution in [0.5, 0.6) is 0 Å². The fourth-order valence-corrected chi connectivity index (χ4v) is 3.62. The van der Waals surface area contributed by atoms with Crippen LogP contribution in [0.4, 0.5) is 10.1 Å². The lowest BCUT2D eigenvalue weighted by Gasteiger charge is -2.36. The molecule has 1 aromatic heterocycles. The summed E-state index contributed by atoms with van der Waals surface area (Å²) in [6, 6.07) is 6.65. The molecule has 2 aromatic rings. The van der Waals surface area contributed by atoms with Crippen molar-refractivity contribution >= 4 is 23.0 Å². The molecular formula is C17H20FN3O2S. The molecule has 0 bridgehead atoms. The number of benzene rings is 1. The zero-order valence-electron chi connectivity index (χ0n) is 13.3. The first-order chi connectivity index (χ1) is 11.6. The number of anilines is 1. The van der Waals surface area contributed by atoms with E-state index in [1.165, 1.54) is 23.5 Å². The van der Waals surface area contributed by atoms with Gasteiger partial charge in [-0.2, -0.15) is 0 Å². The van der Waals surface area contributed by atoms with Gasteiger partial charge in [0.15, 0.2) is 0 Å². The van der Waals surface area contributed by atoms with E-state index in [2.05, 4.69) is 14.8 Å². The van der Waals surface area contributed by atoms with Gasteiger partial charge in [-0.25, -0.2) is 9.37 Å². The van der Waals surface area contributed by atoms with Crippen LogP contribution in [-0.4, -0.2) is 53.7 Å². The maximum Gasteiger partial charge on any atom is 0.309 e. The van der Waals surface area contributed by atoms with Crippen molar-refractivity contribution in [1.29, 1.82) is 0 Å². The number of halogens is 1. The average molecular weight is 349 g/mol. The van der Waals surface area contributed by atoms with E-state index in [0.717, 1.165) is 49.8 Å². The highest BCUT2D eigenvalue weighted by Gasteiger charge is 2.17. The largest absolute Gasteiger partial charge is 0.481 e. The number of aliphatic carboxylic acids is 1. The summed E-state index contributed by atoms with van der Waals surface area (Å²) in [5.74, 6) is -1.05. The molecule has 0 amide bonds. The maximum absolute atomic E-state index is 13.0. The molecule has 7 heteroatoms. The number of rotatable bonds is 6. The van der Waals surface area contributed by atoms with Crippen LogP contribution in [0.3, 0.4) is 0 Å². The Morgan fingerprint density at radius 2 is 1.92 bits per heavy atom. The van der Waals surface area contributed by atoms with Crippen LogP contribution in [0, 0.1) is 5.82 Å². The van der Waals surface area contributed by atoms with Gasteiger partial charge in [-0.15, -0.1) is 11.3 Å². The summed E-state index contributed by atoms with van der Waals surface area (Å²) in [6.07, 6.45) is 0.841. The first kappa shape index (κ1) is 16.9. The van der Waals surface area contributed by atoms with Crippen LogP contribution in [0.1, 0.15) is 10.7 Å². The molecule has 1 aromatic carbocycles. The van der Waals surface area contributed by atoms with Gasteiger partial charge in [-0.05, 0) is 24.3 Å². The van der Waals surface area contributed by atoms with Crippen LogP contribution in [0.2, 0.25) is 0 Å². The van der Waals surface area contributed by atoms with E-state index in [4.69, 9.17) is 5.11 Å². The van der Waals surface area contributed by atoms with E-state index < -0.39 is 5.97 Å². The Hall–Kier alpha value is -1.99. The number of carbonyl (C=O) groups is 1. The molecule has 24 heavy (non-hydrogen) atoms. The van der Waals surface area contributed by atoms with Crippen molar-refractivity contribution in [3.8, 4) is 0 Å². The minimum Gasteiger partial charge on any atom is -0.481 e. The van der Waals surface area contributed by atoms with Gasteiger partial charge in [0.25, 0.3) is 0 Å². The normalized spacial score (nSPS) is 15.6. The molecule has 0 unspecified atom stereocenters. The van der Waals surface area contributed by atoms with Gasteiger partial charge < -0.3 is 10.0 Å². The summed E-state index contributed by atoms with van der Waals surface area (Å²) in [6.45, 7) is 4.70. The van der Waals surface area contributed by atoms with Gasteiger partial charge >= 0.3 is 5.97 Å². The summed E-state index contributed by atoms with van der Waals surface area (Å²) in [4.78, 5) is 19.7. The van der Waals surface area contributed by atoms with Crippen molar-refractivity contribution in [2.75, 3.05) is 37.6 Å². The number of carboxylic acid groups (broad SMARTS) is 1. The maximum atomic E-state index is 13.0. The summed E-state index contributed by atoms with van der Waals surface area (Å²) >= 11 is 1.53. The molecule has 2 heterocycles. The summed E-state index contributed by atoms with van der Waals surface area (Å²) in [5.41, 5.74) is 1.71. The quantitative estimate of drug-likeness (QED) is 0.867. The van der Waals surface area contributed by atoms with Gasteiger partial charge in [0.2, 0.25) is 0 Å². The first-order valence-corrected chi connectivity index (χ1v) is 8.86. The topological polar surface area (TPSA) is 56.7 Å². The van der Waals surface area contributed by atoms with Crippen molar-refractivity contribution in [3.63, 3.8) is 0 Å². The third kappa shape index (κ3) is 4.52. The van der Waals surface area contributed by atoms with E-state index in [0.29, 0.717) is 5.69 Å². The molecule has 0 radical (unpaired) electrons. The highest BCUT2D eigenvalue weighted by Crippen LogP contribution is 2.17. The van der Waals surface area contributed by atoms with E-state index >= 15 is 0 Å². The molecule has 0 spiro atoms. The van der Waals surface area contributed by atoms with E-state index in [1.807, 2.05) is 17.5 Å². The van der Waals surface area contributed by atoms with E-state index in [1.54, 1.807) is 0 Å². The number of thiazole rings is 1. The number of hydrogen-bond donors (Lipinski definition) is 1. The second kappa shape index (κ2) is 7.72. The zero-order valence-corrected chi connectivity index (χ0v) is 14.1. The number of carboxylic acids is 1. The summed E-state index contributed by atoms with van der Waals surface area (Å²) < 4.78 is 13.0. The first-order valence-electron chi connectivity index (χ1n) is 7.98. The lowest BCUT2D eigenvalue weighted by molar-refractivity contribution is -0.136. The van der Waals surface area contributed by atoms with Gasteiger partial charge in [-0.3, -0.25) is 9.69 Å². The Bertz CT molecular complexity index is 681. The fourth-order valence-electron chi connectivity index (χ4n) is 2.84. The Balaban J connectivity index is 1.44. The molecule has 1 aliphatic rings. The molecule has 3 rings (SSSR count). The van der Waals surface area contributed by atoms with Crippen molar-refractivity contribution < 1.29 is 14.3 Å². The minimum atomic E-state index is -0.844. The predicted molar refractivity (Wildman–Crippen MR) is 92.2 cm³/mol. The highest BCUT2D eigenvalue weighted by molar-refractivity contribution is 7.09. The zero-order chi connectivity index (χ0) is 16.9. The van der Waals surface area contributed by atoms with Crippen LogP contribution in [0.25, 0.3) is 0 Å². The SMILES string of the molecule is O=C(O)Cc1csc(CCN2CCN(c3ccc(F)cc3)CC2)n1. The van der Waals surface area contributed by atoms with Gasteiger partial charge in [0.1, 0.15) is 5.82 Å². The molecule has 1 N–H and O–H groups in total. The van der Waals surface area contributed by atoms with Crippen molar-refractivity contribution in [2.45, 2.75) is 12.8 Å². The minimum absolute atomic E-state index is 0.00710. The Morgan fingerprint density at radius 3 is 2.58 bits per heavy atom. The molecule has 0 saturated carbocycles. The number of aromatic nitrogens is 1. The highest BCUT2D eigenvalue weighted by atomic mass is 32.1. The Labute approximate surface area is 144 Å². The molecule has 128 valence electrons. The van der Waals surface area contributed by atoms with Crippen molar-refractivity contribution in [1.82, 2.24) is 9.88 Å². The molecule has 0 aliphatic carbocycles. The molecule has 1 aliphatic heterocycles. The molecule has 5 nitrogen and oxygen atoms in total. The Kier molecular flexibility index (Phi) is 5.42. The second-order valence-electron chi connectivity index (χ2n) is 5.86. The van der Waals surface area contributed by atoms with Crippen molar-refractivity contribution in [2.24, 2.45) is 0 Å². The lowest BCUT2D eigenvalue weighted by Crippen LogP contribution is -2.47. The van der Waals surface area contributed by atoms with Gasteiger partial charge in [0.05, 0.1) is 17.1 Å². The van der Waals surface area contributed by atoms with Crippen LogP contribution < -0.4 is 4.90 Å². The summed E-state index contributed by atoms with van der Waals surface area (Å²) in [7, 11) is 0. The van der Waals surface area contributed by atoms with Gasteiger partial charge in [0, 0.05) is 50.2 Å². The number of nitrogens with zero attached hydrogens (tertiary/aromatic N) is 3. The fraction of sp³-hybridized carbons (Fsp3) is 0.412. The molecule has 1 saturated heterocycles. The van der Waals surface area contributed by atoms with E-state index in [-0.39, 0.29) is 12.2 Å². The lowest BCUT2D eigenvalue weighted by atomic mass is 10.2. The third-order valence-corrected chi connectivity index (χ3v) is 5.10. The van der Waals surface area contributed by atoms with Crippen LogP contribution in [0.15, 0.2) is 29.6 Å². The number of piperazine rings is 1. The molecular weight excluding hydrogens is 329 g/mol. The second-order valence-corrected chi connectivity index (χ2v) is 6.80. The summed E-state index contributed by atoms with van der Waals surface area (Å²) in [5, 5.41) is 11.6.